The van der Waals surface area contributed by atoms with Crippen molar-refractivity contribution < 1.29 is 42.8 Å². The average molecular weight is 536 g/mol. The van der Waals surface area contributed by atoms with E-state index in [-0.39, 0.29) is 52.6 Å². The Morgan fingerprint density at radius 3 is 2.65 bits per heavy atom. The predicted octanol–water partition coefficient (Wildman–Crippen LogP) is 0.410. The maximum Gasteiger partial charge on any atom is 0.311 e. The van der Waals surface area contributed by atoms with Crippen LogP contribution in [0.5, 0.6) is 0 Å². The fourth-order valence-corrected chi connectivity index (χ4v) is 9.73. The Kier molecular flexibility index (Phi) is 4.68. The maximum absolute atomic E-state index is 13.3. The summed E-state index contributed by atoms with van der Waals surface area (Å²) >= 11 is 0. The Balaban J connectivity index is 0.00000204. The third kappa shape index (κ3) is 2.13. The van der Waals surface area contributed by atoms with Crippen LogP contribution >= 0.6 is 0 Å². The lowest BCUT2D eigenvalue weighted by molar-refractivity contribution is -0.955. The van der Waals surface area contributed by atoms with Crippen molar-refractivity contribution in [2.75, 3.05) is 31.6 Å². The van der Waals surface area contributed by atoms with E-state index in [1.54, 1.807) is 6.92 Å². The van der Waals surface area contributed by atoms with Gasteiger partial charge in [-0.1, -0.05) is 18.2 Å². The molecule has 3 aliphatic heterocycles. The zero-order valence-electron chi connectivity index (χ0n) is 18.8. The van der Waals surface area contributed by atoms with Gasteiger partial charge in [-0.3, -0.25) is 9.59 Å². The molecule has 2 bridgehead atoms. The third-order valence-electron chi connectivity index (χ3n) is 10.2. The summed E-state index contributed by atoms with van der Waals surface area (Å²) in [5.74, 6) is -0.281. The highest BCUT2D eigenvalue weighted by Gasteiger charge is 2.85. The van der Waals surface area contributed by atoms with Crippen molar-refractivity contribution in [1.82, 2.24) is 0 Å². The number of fused-ring (bicyclic) bond motifs is 3. The summed E-state index contributed by atoms with van der Waals surface area (Å²) in [6, 6.07) is 9.08. The molecule has 0 N–H and O–H groups in total. The SMILES string of the molecule is CC[N+]12CCCC34CCC5(C(C(=O)OC)C3)N(C(C)=O)c3ccccc3C5(CC1)C42.[I-]. The van der Waals surface area contributed by atoms with Gasteiger partial charge in [-0.25, -0.2) is 0 Å². The molecular weight excluding hydrogens is 503 g/mol. The van der Waals surface area contributed by atoms with Crippen LogP contribution in [0, 0.1) is 11.3 Å². The number of methoxy groups -OCH3 is 1. The van der Waals surface area contributed by atoms with Crippen LogP contribution in [0.15, 0.2) is 24.3 Å². The topological polar surface area (TPSA) is 46.6 Å². The minimum Gasteiger partial charge on any atom is -1.00 e. The van der Waals surface area contributed by atoms with Gasteiger partial charge in [-0.15, -0.1) is 0 Å². The van der Waals surface area contributed by atoms with Gasteiger partial charge in [-0.05, 0) is 50.7 Å². The van der Waals surface area contributed by atoms with Crippen LogP contribution in [0.4, 0.5) is 5.69 Å². The number of nitrogens with zero attached hydrogens (tertiary/aromatic N) is 2. The molecule has 5 nitrogen and oxygen atoms in total. The van der Waals surface area contributed by atoms with Crippen molar-refractivity contribution in [3.8, 4) is 0 Å². The van der Waals surface area contributed by atoms with Crippen molar-refractivity contribution in [3.05, 3.63) is 29.8 Å². The molecule has 6 unspecified atom stereocenters. The molecule has 0 aromatic heterocycles. The van der Waals surface area contributed by atoms with E-state index in [0.717, 1.165) is 37.9 Å². The maximum atomic E-state index is 13.3. The standard InChI is InChI=1S/C25H33N2O3.HI/c1-4-27-14-7-10-23-11-12-25(19(16-23)21(29)30-3)24(13-15-27,22(23)27)18-8-5-6-9-20(18)26(25)17(2)28;/h5-6,8-9,19,22H,4,7,10-16H2,1-3H3;1H/q+1;/p-1. The number of hydrogen-bond donors (Lipinski definition) is 0. The molecule has 6 heteroatoms. The minimum atomic E-state index is -0.478. The Bertz CT molecular complexity index is 968. The largest absolute Gasteiger partial charge is 1.00 e. The molecule has 3 heterocycles. The van der Waals surface area contributed by atoms with Crippen molar-refractivity contribution in [1.29, 1.82) is 0 Å². The lowest BCUT2D eigenvalue weighted by atomic mass is 9.38. The van der Waals surface area contributed by atoms with Crippen molar-refractivity contribution in [2.24, 2.45) is 11.3 Å². The van der Waals surface area contributed by atoms with E-state index in [1.807, 2.05) is 6.07 Å². The van der Waals surface area contributed by atoms with Crippen LogP contribution in [-0.4, -0.2) is 54.7 Å². The van der Waals surface area contributed by atoms with Crippen molar-refractivity contribution in [2.45, 2.75) is 69.4 Å². The number of piperidine rings is 1. The van der Waals surface area contributed by atoms with Crippen LogP contribution in [0.2, 0.25) is 0 Å². The molecule has 1 aromatic carbocycles. The molecular formula is C25H33IN2O3. The molecule has 7 rings (SSSR count). The zero-order chi connectivity index (χ0) is 20.9. The highest BCUT2D eigenvalue weighted by Crippen LogP contribution is 2.77. The summed E-state index contributed by atoms with van der Waals surface area (Å²) in [6.07, 6.45) is 6.46. The average Bonchev–Trinajstić information content (AvgIpc) is 3.26. The van der Waals surface area contributed by atoms with E-state index in [9.17, 15) is 9.59 Å². The first-order valence-corrected chi connectivity index (χ1v) is 11.8. The normalized spacial score (nSPS) is 43.5. The molecule has 168 valence electrons. The molecule has 0 radical (unpaired) electrons. The summed E-state index contributed by atoms with van der Waals surface area (Å²) < 4.78 is 6.60. The Morgan fingerprint density at radius 2 is 1.94 bits per heavy atom. The Labute approximate surface area is 202 Å². The first kappa shape index (κ1) is 21.7. The van der Waals surface area contributed by atoms with E-state index >= 15 is 0 Å². The number of ether oxygens (including phenoxy) is 1. The van der Waals surface area contributed by atoms with Crippen LogP contribution in [0.1, 0.15) is 57.9 Å². The molecule has 6 atom stereocenters. The second kappa shape index (κ2) is 6.69. The smallest absolute Gasteiger partial charge is 0.311 e. The highest BCUT2D eigenvalue weighted by atomic mass is 127. The Hall–Kier alpha value is -1.15. The predicted molar refractivity (Wildman–Crippen MR) is 114 cm³/mol. The number of esters is 1. The Morgan fingerprint density at radius 1 is 1.16 bits per heavy atom. The summed E-state index contributed by atoms with van der Waals surface area (Å²) in [5.41, 5.74) is 1.96. The first-order valence-electron chi connectivity index (χ1n) is 11.8. The monoisotopic (exact) mass is 536 g/mol. The van der Waals surface area contributed by atoms with Gasteiger partial charge in [0.2, 0.25) is 5.91 Å². The van der Waals surface area contributed by atoms with Gasteiger partial charge in [0.05, 0.1) is 43.6 Å². The lowest BCUT2D eigenvalue weighted by Gasteiger charge is -2.70. The van der Waals surface area contributed by atoms with Gasteiger partial charge in [-0.2, -0.15) is 0 Å². The van der Waals surface area contributed by atoms with E-state index in [4.69, 9.17) is 4.74 Å². The first-order chi connectivity index (χ1) is 14.4. The number of para-hydroxylation sites is 1. The van der Waals surface area contributed by atoms with Crippen LogP contribution in [0.3, 0.4) is 0 Å². The van der Waals surface area contributed by atoms with Crippen LogP contribution in [-0.2, 0) is 19.7 Å². The minimum absolute atomic E-state index is 0. The van der Waals surface area contributed by atoms with Gasteiger partial charge in [0.25, 0.3) is 0 Å². The number of quaternary nitrogens is 1. The fourth-order valence-electron chi connectivity index (χ4n) is 9.73. The number of rotatable bonds is 2. The zero-order valence-corrected chi connectivity index (χ0v) is 21.0. The second-order valence-electron chi connectivity index (χ2n) is 10.6. The molecule has 1 amide bonds. The summed E-state index contributed by atoms with van der Waals surface area (Å²) in [6.45, 7) is 7.60. The molecule has 5 fully saturated rings. The summed E-state index contributed by atoms with van der Waals surface area (Å²) in [5, 5.41) is 0. The van der Waals surface area contributed by atoms with Crippen LogP contribution in [0.25, 0.3) is 0 Å². The number of likely N-dealkylation sites (N-methyl/N-ethyl adjacent to an activating group) is 1. The number of anilines is 1. The number of carbonyl (C=O) groups is 2. The molecule has 31 heavy (non-hydrogen) atoms. The number of benzene rings is 1. The van der Waals surface area contributed by atoms with Crippen molar-refractivity contribution in [3.63, 3.8) is 0 Å². The quantitative estimate of drug-likeness (QED) is 0.313. The molecule has 1 aromatic rings. The van der Waals surface area contributed by atoms with Crippen LogP contribution < -0.4 is 28.9 Å². The van der Waals surface area contributed by atoms with E-state index in [0.29, 0.717) is 6.04 Å². The molecule has 3 aliphatic carbocycles. The molecule has 6 aliphatic rings. The molecule has 3 spiro atoms. The second-order valence-corrected chi connectivity index (χ2v) is 10.6. The number of carbonyl (C=O) groups excluding carboxylic acids is 2. The third-order valence-corrected chi connectivity index (χ3v) is 10.2. The fraction of sp³-hybridized carbons (Fsp3) is 0.680. The van der Waals surface area contributed by atoms with Gasteiger partial charge in [0.15, 0.2) is 0 Å². The number of amides is 1. The van der Waals surface area contributed by atoms with Gasteiger partial charge < -0.3 is 38.1 Å². The molecule has 2 saturated heterocycles. The number of halogens is 1. The lowest BCUT2D eigenvalue weighted by Crippen LogP contribution is -3.00. The van der Waals surface area contributed by atoms with Gasteiger partial charge in [0, 0.05) is 24.4 Å². The highest BCUT2D eigenvalue weighted by molar-refractivity contribution is 5.99. The molecule has 3 saturated carbocycles. The van der Waals surface area contributed by atoms with E-state index < -0.39 is 5.54 Å². The summed E-state index contributed by atoms with van der Waals surface area (Å²) in [4.78, 5) is 28.7. The number of hydrogen-bond acceptors (Lipinski definition) is 3. The van der Waals surface area contributed by atoms with Crippen molar-refractivity contribution >= 4 is 17.6 Å². The van der Waals surface area contributed by atoms with E-state index in [1.165, 1.54) is 43.1 Å². The van der Waals surface area contributed by atoms with Gasteiger partial charge in [0.1, 0.15) is 6.04 Å². The summed E-state index contributed by atoms with van der Waals surface area (Å²) in [7, 11) is 1.52. The van der Waals surface area contributed by atoms with Gasteiger partial charge >= 0.3 is 5.97 Å². The van der Waals surface area contributed by atoms with E-state index in [2.05, 4.69) is 30.0 Å².